The van der Waals surface area contributed by atoms with Crippen molar-refractivity contribution in [1.29, 1.82) is 0 Å². The van der Waals surface area contributed by atoms with Crippen LogP contribution in [0.15, 0.2) is 25.3 Å². The molecule has 0 heterocycles. The maximum atomic E-state index is 3.85. The summed E-state index contributed by atoms with van der Waals surface area (Å²) in [6.07, 6.45) is 27.1. The van der Waals surface area contributed by atoms with Crippen LogP contribution in [0.25, 0.3) is 0 Å². The number of rotatable bonds is 21. The van der Waals surface area contributed by atoms with E-state index in [-0.39, 0.29) is 17.0 Å². The molecule has 0 unspecified atom stereocenters. The third kappa shape index (κ3) is 22.0. The Morgan fingerprint density at radius 2 is 0.846 bits per heavy atom. The molecule has 0 aliphatic carbocycles. The molecule has 156 valence electrons. The zero-order valence-corrected chi connectivity index (χ0v) is 19.5. The molecule has 1 nitrogen and oxygen atoms in total. The first-order valence-corrected chi connectivity index (χ1v) is 11.4. The Morgan fingerprint density at radius 1 is 0.538 bits per heavy atom. The van der Waals surface area contributed by atoms with Crippen LogP contribution < -0.4 is 21.9 Å². The highest BCUT2D eigenvalue weighted by Gasteiger charge is 2.03. The summed E-state index contributed by atoms with van der Waals surface area (Å²) in [5.41, 5.74) is 0. The van der Waals surface area contributed by atoms with E-state index in [4.69, 9.17) is 0 Å². The van der Waals surface area contributed by atoms with Gasteiger partial charge in [0, 0.05) is 0 Å². The van der Waals surface area contributed by atoms with Crippen LogP contribution in [0.3, 0.4) is 0 Å². The van der Waals surface area contributed by atoms with Gasteiger partial charge >= 0.3 is 0 Å². The van der Waals surface area contributed by atoms with Gasteiger partial charge in [-0.3, -0.25) is 0 Å². The van der Waals surface area contributed by atoms with E-state index in [0.717, 1.165) is 13.1 Å². The zero-order chi connectivity index (χ0) is 18.4. The lowest BCUT2D eigenvalue weighted by Crippen LogP contribution is -3.11. The smallest absolute Gasteiger partial charge is 0.0957 e. The molecular formula is C24H48BrN. The molecule has 0 atom stereocenters. The second kappa shape index (κ2) is 24.9. The highest BCUT2D eigenvalue weighted by atomic mass is 79.9. The minimum absolute atomic E-state index is 0. The first-order valence-electron chi connectivity index (χ1n) is 11.4. The number of hydrogen-bond acceptors (Lipinski definition) is 0. The van der Waals surface area contributed by atoms with E-state index in [0.29, 0.717) is 0 Å². The SMILES string of the molecule is C=CC[NH+](CC=C)CCCCCCCCCCCCCCCCCC.[Br-]. The van der Waals surface area contributed by atoms with Crippen molar-refractivity contribution >= 4 is 0 Å². The molecule has 0 bridgehead atoms. The largest absolute Gasteiger partial charge is 1.00 e. The van der Waals surface area contributed by atoms with Crippen LogP contribution in [0.4, 0.5) is 0 Å². The lowest BCUT2D eigenvalue weighted by atomic mass is 10.0. The second-order valence-corrected chi connectivity index (χ2v) is 7.79. The fourth-order valence-electron chi connectivity index (χ4n) is 3.62. The van der Waals surface area contributed by atoms with Gasteiger partial charge < -0.3 is 21.9 Å². The lowest BCUT2D eigenvalue weighted by Gasteiger charge is -2.15. The average Bonchev–Trinajstić information content (AvgIpc) is 2.61. The Morgan fingerprint density at radius 3 is 1.15 bits per heavy atom. The molecular weight excluding hydrogens is 382 g/mol. The number of nitrogens with one attached hydrogen (secondary N) is 1. The van der Waals surface area contributed by atoms with Crippen LogP contribution in [0.5, 0.6) is 0 Å². The first kappa shape index (κ1) is 28.1. The van der Waals surface area contributed by atoms with Crippen molar-refractivity contribution in [3.63, 3.8) is 0 Å². The van der Waals surface area contributed by atoms with Gasteiger partial charge in [0.2, 0.25) is 0 Å². The van der Waals surface area contributed by atoms with Crippen molar-refractivity contribution in [3.05, 3.63) is 25.3 Å². The Balaban J connectivity index is 0. The van der Waals surface area contributed by atoms with Gasteiger partial charge in [-0.2, -0.15) is 0 Å². The van der Waals surface area contributed by atoms with Crippen molar-refractivity contribution in [2.45, 2.75) is 110 Å². The number of unbranched alkanes of at least 4 members (excludes halogenated alkanes) is 15. The van der Waals surface area contributed by atoms with Crippen LogP contribution in [-0.2, 0) is 0 Å². The van der Waals surface area contributed by atoms with E-state index >= 15 is 0 Å². The van der Waals surface area contributed by atoms with E-state index in [2.05, 4.69) is 20.1 Å². The average molecular weight is 431 g/mol. The molecule has 2 heteroatoms. The molecule has 0 rings (SSSR count). The molecule has 0 amide bonds. The van der Waals surface area contributed by atoms with Crippen LogP contribution in [0.1, 0.15) is 110 Å². The Labute approximate surface area is 176 Å². The summed E-state index contributed by atoms with van der Waals surface area (Å²) in [6, 6.07) is 0. The number of quaternary nitrogens is 1. The van der Waals surface area contributed by atoms with Crippen molar-refractivity contribution in [3.8, 4) is 0 Å². The molecule has 0 radical (unpaired) electrons. The van der Waals surface area contributed by atoms with Crippen LogP contribution in [-0.4, -0.2) is 19.6 Å². The van der Waals surface area contributed by atoms with Crippen LogP contribution >= 0.6 is 0 Å². The topological polar surface area (TPSA) is 4.44 Å². The van der Waals surface area contributed by atoms with Gasteiger partial charge in [0.15, 0.2) is 0 Å². The van der Waals surface area contributed by atoms with Crippen LogP contribution in [0, 0.1) is 0 Å². The minimum atomic E-state index is 0. The molecule has 0 fully saturated rings. The molecule has 0 aromatic carbocycles. The highest BCUT2D eigenvalue weighted by Crippen LogP contribution is 2.13. The lowest BCUT2D eigenvalue weighted by molar-refractivity contribution is -0.888. The summed E-state index contributed by atoms with van der Waals surface area (Å²) < 4.78 is 0. The zero-order valence-electron chi connectivity index (χ0n) is 17.9. The van der Waals surface area contributed by atoms with Gasteiger partial charge in [-0.15, -0.1) is 0 Å². The first-order chi connectivity index (χ1) is 12.3. The minimum Gasteiger partial charge on any atom is -1.00 e. The van der Waals surface area contributed by atoms with E-state index in [9.17, 15) is 0 Å². The summed E-state index contributed by atoms with van der Waals surface area (Å²) in [5.74, 6) is 0. The van der Waals surface area contributed by atoms with E-state index in [1.165, 1.54) is 109 Å². The standard InChI is InChI=1S/C24H47N.BrH/c1-4-7-8-9-10-11-12-13-14-15-16-17-18-19-20-21-24-25(22-5-2)23-6-3;/h5-6H,2-4,7-24H2,1H3;1H. The third-order valence-electron chi connectivity index (χ3n) is 5.25. The molecule has 0 spiro atoms. The van der Waals surface area contributed by atoms with Gasteiger partial charge in [0.25, 0.3) is 0 Å². The van der Waals surface area contributed by atoms with Crippen molar-refractivity contribution in [2.24, 2.45) is 0 Å². The van der Waals surface area contributed by atoms with Crippen molar-refractivity contribution in [1.82, 2.24) is 0 Å². The Hall–Kier alpha value is -0.0800. The maximum Gasteiger partial charge on any atom is 0.0957 e. The molecule has 0 saturated carbocycles. The summed E-state index contributed by atoms with van der Waals surface area (Å²) in [5, 5.41) is 0. The summed E-state index contributed by atoms with van der Waals surface area (Å²) in [6.45, 7) is 13.4. The summed E-state index contributed by atoms with van der Waals surface area (Å²) in [7, 11) is 0. The van der Waals surface area contributed by atoms with Crippen molar-refractivity contribution < 1.29 is 21.9 Å². The molecule has 0 aromatic heterocycles. The Kier molecular flexibility index (Phi) is 27.0. The monoisotopic (exact) mass is 429 g/mol. The fourth-order valence-corrected chi connectivity index (χ4v) is 3.62. The summed E-state index contributed by atoms with van der Waals surface area (Å²) in [4.78, 5) is 1.61. The molecule has 0 aliphatic rings. The predicted octanol–water partition coefficient (Wildman–Crippen LogP) is 3.51. The molecule has 0 saturated heterocycles. The fraction of sp³-hybridized carbons (Fsp3) is 0.833. The van der Waals surface area contributed by atoms with Gasteiger partial charge in [0.1, 0.15) is 0 Å². The quantitative estimate of drug-likeness (QED) is 0.210. The maximum absolute atomic E-state index is 3.85. The predicted molar refractivity (Wildman–Crippen MR) is 116 cm³/mol. The van der Waals surface area contributed by atoms with Gasteiger partial charge in [0.05, 0.1) is 19.6 Å². The summed E-state index contributed by atoms with van der Waals surface area (Å²) >= 11 is 0. The molecule has 0 aromatic rings. The normalized spacial score (nSPS) is 10.7. The van der Waals surface area contributed by atoms with Gasteiger partial charge in [-0.05, 0) is 25.0 Å². The Bertz CT molecular complexity index is 267. The highest BCUT2D eigenvalue weighted by molar-refractivity contribution is 4.67. The van der Waals surface area contributed by atoms with Crippen molar-refractivity contribution in [2.75, 3.05) is 19.6 Å². The molecule has 1 N–H and O–H groups in total. The molecule has 26 heavy (non-hydrogen) atoms. The number of hydrogen-bond donors (Lipinski definition) is 1. The van der Waals surface area contributed by atoms with Gasteiger partial charge in [-0.25, -0.2) is 0 Å². The second-order valence-electron chi connectivity index (χ2n) is 7.79. The molecule has 0 aliphatic heterocycles. The number of halogens is 1. The van der Waals surface area contributed by atoms with E-state index < -0.39 is 0 Å². The van der Waals surface area contributed by atoms with E-state index in [1.807, 2.05) is 12.2 Å². The van der Waals surface area contributed by atoms with Crippen LogP contribution in [0.2, 0.25) is 0 Å². The van der Waals surface area contributed by atoms with Gasteiger partial charge in [-0.1, -0.05) is 110 Å². The van der Waals surface area contributed by atoms with E-state index in [1.54, 1.807) is 4.90 Å². The third-order valence-corrected chi connectivity index (χ3v) is 5.25.